The molecule has 1 aromatic heterocycles. The summed E-state index contributed by atoms with van der Waals surface area (Å²) in [5, 5.41) is 7.65. The third kappa shape index (κ3) is 3.12. The van der Waals surface area contributed by atoms with Gasteiger partial charge in [-0.1, -0.05) is 29.8 Å². The van der Waals surface area contributed by atoms with Crippen LogP contribution in [-0.4, -0.2) is 22.8 Å². The average molecular weight is 342 g/mol. The number of nitrogens with one attached hydrogen (secondary N) is 1. The lowest BCUT2D eigenvalue weighted by molar-refractivity contribution is 0.102. The van der Waals surface area contributed by atoms with Crippen LogP contribution in [0.4, 0.5) is 5.69 Å². The van der Waals surface area contributed by atoms with E-state index in [1.165, 1.54) is 7.11 Å². The van der Waals surface area contributed by atoms with Crippen molar-refractivity contribution in [2.45, 2.75) is 6.92 Å². The molecule has 1 amide bonds. The normalized spacial score (nSPS) is 10.5. The number of anilines is 1. The van der Waals surface area contributed by atoms with Crippen molar-refractivity contribution >= 4 is 23.2 Å². The molecule has 0 fully saturated rings. The number of carbonyl (C=O) groups excluding carboxylic acids is 1. The van der Waals surface area contributed by atoms with Crippen LogP contribution < -0.4 is 10.1 Å². The number of para-hydroxylation sites is 1. The van der Waals surface area contributed by atoms with Gasteiger partial charge >= 0.3 is 0 Å². The number of carbonyl (C=O) groups is 1. The molecule has 5 nitrogen and oxygen atoms in total. The predicted octanol–water partition coefficient (Wildman–Crippen LogP) is 4.10. The fourth-order valence-corrected chi connectivity index (χ4v) is 2.60. The van der Waals surface area contributed by atoms with Gasteiger partial charge in [-0.3, -0.25) is 4.79 Å². The van der Waals surface area contributed by atoms with E-state index in [0.29, 0.717) is 22.0 Å². The van der Waals surface area contributed by atoms with Crippen LogP contribution in [0.3, 0.4) is 0 Å². The summed E-state index contributed by atoms with van der Waals surface area (Å²) in [4.78, 5) is 12.6. The van der Waals surface area contributed by atoms with E-state index in [9.17, 15) is 4.79 Å². The lowest BCUT2D eigenvalue weighted by Crippen LogP contribution is -2.13. The second-order valence-electron chi connectivity index (χ2n) is 5.19. The predicted molar refractivity (Wildman–Crippen MR) is 94.3 cm³/mol. The molecule has 2 aromatic carbocycles. The number of halogens is 1. The van der Waals surface area contributed by atoms with E-state index in [1.54, 1.807) is 29.1 Å². The topological polar surface area (TPSA) is 56.1 Å². The van der Waals surface area contributed by atoms with E-state index in [0.717, 1.165) is 11.4 Å². The fourth-order valence-electron chi connectivity index (χ4n) is 2.43. The van der Waals surface area contributed by atoms with E-state index in [2.05, 4.69) is 10.4 Å². The Morgan fingerprint density at radius 1 is 1.21 bits per heavy atom. The summed E-state index contributed by atoms with van der Waals surface area (Å²) < 4.78 is 6.97. The molecule has 0 aliphatic rings. The summed E-state index contributed by atoms with van der Waals surface area (Å²) in [7, 11) is 1.54. The zero-order valence-electron chi connectivity index (χ0n) is 13.3. The molecule has 0 spiro atoms. The molecule has 122 valence electrons. The van der Waals surface area contributed by atoms with Crippen molar-refractivity contribution in [3.8, 4) is 11.4 Å². The summed E-state index contributed by atoms with van der Waals surface area (Å²) >= 11 is 6.00. The maximum Gasteiger partial charge on any atom is 0.259 e. The van der Waals surface area contributed by atoms with E-state index in [-0.39, 0.29) is 5.91 Å². The standard InChI is InChI=1S/C18H16ClN3O2/c1-12-15(11-20-22(12)14-6-4-3-5-7-14)18(23)21-16-10-13(19)8-9-17(16)24-2/h3-11H,1-2H3,(H,21,23). The Kier molecular flexibility index (Phi) is 4.53. The number of benzene rings is 2. The van der Waals surface area contributed by atoms with Crippen molar-refractivity contribution in [1.29, 1.82) is 0 Å². The molecule has 0 saturated heterocycles. The molecular weight excluding hydrogens is 326 g/mol. The highest BCUT2D eigenvalue weighted by Gasteiger charge is 2.17. The first-order valence-electron chi connectivity index (χ1n) is 7.35. The van der Waals surface area contributed by atoms with Crippen LogP contribution in [0.15, 0.2) is 54.7 Å². The molecule has 0 unspecified atom stereocenters. The first-order valence-corrected chi connectivity index (χ1v) is 7.73. The van der Waals surface area contributed by atoms with E-state index in [1.807, 2.05) is 37.3 Å². The highest BCUT2D eigenvalue weighted by atomic mass is 35.5. The van der Waals surface area contributed by atoms with Gasteiger partial charge in [-0.05, 0) is 37.3 Å². The number of aromatic nitrogens is 2. The Morgan fingerprint density at radius 3 is 2.67 bits per heavy atom. The van der Waals surface area contributed by atoms with E-state index < -0.39 is 0 Å². The minimum absolute atomic E-state index is 0.268. The van der Waals surface area contributed by atoms with Gasteiger partial charge in [0.05, 0.1) is 35.9 Å². The smallest absolute Gasteiger partial charge is 0.259 e. The van der Waals surface area contributed by atoms with Crippen molar-refractivity contribution in [3.63, 3.8) is 0 Å². The van der Waals surface area contributed by atoms with Gasteiger partial charge in [0.2, 0.25) is 0 Å². The summed E-state index contributed by atoms with van der Waals surface area (Å²) in [5.41, 5.74) is 2.65. The van der Waals surface area contributed by atoms with Crippen molar-refractivity contribution in [2.75, 3.05) is 12.4 Å². The lowest BCUT2D eigenvalue weighted by Gasteiger charge is -2.10. The summed E-state index contributed by atoms with van der Waals surface area (Å²) in [6.45, 7) is 1.85. The Labute approximate surface area is 144 Å². The number of rotatable bonds is 4. The van der Waals surface area contributed by atoms with Crippen molar-refractivity contribution in [3.05, 3.63) is 71.0 Å². The molecule has 0 aliphatic heterocycles. The van der Waals surface area contributed by atoms with Crippen LogP contribution >= 0.6 is 11.6 Å². The number of methoxy groups -OCH3 is 1. The number of hydrogen-bond acceptors (Lipinski definition) is 3. The maximum atomic E-state index is 12.6. The highest BCUT2D eigenvalue weighted by molar-refractivity contribution is 6.31. The molecule has 0 bridgehead atoms. The second kappa shape index (κ2) is 6.76. The van der Waals surface area contributed by atoms with Gasteiger partial charge in [-0.15, -0.1) is 0 Å². The van der Waals surface area contributed by atoms with Crippen molar-refractivity contribution in [1.82, 2.24) is 9.78 Å². The summed E-state index contributed by atoms with van der Waals surface area (Å²) in [5.74, 6) is 0.274. The molecule has 1 heterocycles. The molecule has 0 saturated carbocycles. The third-order valence-electron chi connectivity index (χ3n) is 3.66. The number of hydrogen-bond donors (Lipinski definition) is 1. The van der Waals surface area contributed by atoms with Gasteiger partial charge in [-0.2, -0.15) is 5.10 Å². The second-order valence-corrected chi connectivity index (χ2v) is 5.63. The molecule has 0 aliphatic carbocycles. The zero-order chi connectivity index (χ0) is 17.1. The largest absolute Gasteiger partial charge is 0.495 e. The molecule has 3 rings (SSSR count). The number of amides is 1. The molecule has 1 N–H and O–H groups in total. The van der Waals surface area contributed by atoms with Crippen LogP contribution in [-0.2, 0) is 0 Å². The average Bonchev–Trinajstić information content (AvgIpc) is 2.97. The Morgan fingerprint density at radius 2 is 1.96 bits per heavy atom. The van der Waals surface area contributed by atoms with E-state index in [4.69, 9.17) is 16.3 Å². The SMILES string of the molecule is COc1ccc(Cl)cc1NC(=O)c1cnn(-c2ccccc2)c1C. The molecular formula is C18H16ClN3O2. The quantitative estimate of drug-likeness (QED) is 0.777. The Balaban J connectivity index is 1.89. The number of ether oxygens (including phenoxy) is 1. The first kappa shape index (κ1) is 16.1. The molecule has 0 atom stereocenters. The molecule has 24 heavy (non-hydrogen) atoms. The van der Waals surface area contributed by atoms with Crippen LogP contribution in [0.1, 0.15) is 16.1 Å². The summed E-state index contributed by atoms with van der Waals surface area (Å²) in [6, 6.07) is 14.7. The minimum Gasteiger partial charge on any atom is -0.495 e. The van der Waals surface area contributed by atoms with Gasteiger partial charge in [0, 0.05) is 5.02 Å². The highest BCUT2D eigenvalue weighted by Crippen LogP contribution is 2.28. The van der Waals surface area contributed by atoms with Crippen molar-refractivity contribution in [2.24, 2.45) is 0 Å². The van der Waals surface area contributed by atoms with Gasteiger partial charge in [-0.25, -0.2) is 4.68 Å². The Hall–Kier alpha value is -2.79. The van der Waals surface area contributed by atoms with Gasteiger partial charge in [0.15, 0.2) is 0 Å². The summed E-state index contributed by atoms with van der Waals surface area (Å²) in [6.07, 6.45) is 1.55. The lowest BCUT2D eigenvalue weighted by atomic mass is 10.2. The minimum atomic E-state index is -0.268. The van der Waals surface area contributed by atoms with Crippen LogP contribution in [0.5, 0.6) is 5.75 Å². The molecule has 6 heteroatoms. The number of nitrogens with zero attached hydrogens (tertiary/aromatic N) is 2. The maximum absolute atomic E-state index is 12.6. The molecule has 3 aromatic rings. The monoisotopic (exact) mass is 341 g/mol. The Bertz CT molecular complexity index is 875. The third-order valence-corrected chi connectivity index (χ3v) is 3.90. The molecule has 0 radical (unpaired) electrons. The fraction of sp³-hybridized carbons (Fsp3) is 0.111. The van der Waals surface area contributed by atoms with Gasteiger partial charge in [0.1, 0.15) is 5.75 Å². The van der Waals surface area contributed by atoms with Crippen molar-refractivity contribution < 1.29 is 9.53 Å². The van der Waals surface area contributed by atoms with Crippen LogP contribution in [0.2, 0.25) is 5.02 Å². The van der Waals surface area contributed by atoms with Gasteiger partial charge < -0.3 is 10.1 Å². The first-order chi connectivity index (χ1) is 11.6. The van der Waals surface area contributed by atoms with Crippen LogP contribution in [0.25, 0.3) is 5.69 Å². The van der Waals surface area contributed by atoms with E-state index >= 15 is 0 Å². The van der Waals surface area contributed by atoms with Gasteiger partial charge in [0.25, 0.3) is 5.91 Å². The zero-order valence-corrected chi connectivity index (χ0v) is 14.0. The van der Waals surface area contributed by atoms with Crippen LogP contribution in [0, 0.1) is 6.92 Å².